The van der Waals surface area contributed by atoms with E-state index >= 15 is 0 Å². The van der Waals surface area contributed by atoms with Crippen LogP contribution in [0.15, 0.2) is 70.3 Å². The summed E-state index contributed by atoms with van der Waals surface area (Å²) in [7, 11) is -3.69. The summed E-state index contributed by atoms with van der Waals surface area (Å²) in [6.45, 7) is 6.27. The minimum Gasteiger partial charge on any atom is -0.464 e. The number of likely N-dealkylation sites (tertiary alicyclic amines) is 1. The summed E-state index contributed by atoms with van der Waals surface area (Å²) in [5.41, 5.74) is 3.90. The third kappa shape index (κ3) is 6.31. The topological polar surface area (TPSA) is 147 Å². The normalized spacial score (nSPS) is 14.6. The van der Waals surface area contributed by atoms with Crippen molar-refractivity contribution in [1.82, 2.24) is 14.9 Å². The molecule has 3 heterocycles. The summed E-state index contributed by atoms with van der Waals surface area (Å²) in [6.07, 6.45) is 5.06. The number of nitriles is 1. The molecule has 11 heteroatoms. The molecule has 5 rings (SSSR count). The highest BCUT2D eigenvalue weighted by Crippen LogP contribution is 2.36. The Balaban J connectivity index is 1.27. The van der Waals surface area contributed by atoms with E-state index in [1.54, 1.807) is 54.9 Å². The van der Waals surface area contributed by atoms with Gasteiger partial charge >= 0.3 is 0 Å². The van der Waals surface area contributed by atoms with Gasteiger partial charge in [-0.05, 0) is 79.8 Å². The highest BCUT2D eigenvalue weighted by atomic mass is 32.2. The van der Waals surface area contributed by atoms with E-state index in [9.17, 15) is 13.7 Å². The van der Waals surface area contributed by atoms with E-state index in [0.717, 1.165) is 49.2 Å². The molecule has 2 aromatic carbocycles. The van der Waals surface area contributed by atoms with Crippen molar-refractivity contribution in [2.75, 3.05) is 18.4 Å². The molecule has 1 saturated heterocycles. The van der Waals surface area contributed by atoms with Gasteiger partial charge < -0.3 is 14.5 Å². The van der Waals surface area contributed by atoms with Crippen molar-refractivity contribution in [2.45, 2.75) is 44.2 Å². The number of nitrogens with two attached hydrogens (primary N) is 1. The molecule has 0 bridgehead atoms. The van der Waals surface area contributed by atoms with Crippen molar-refractivity contribution in [1.29, 1.82) is 5.26 Å². The van der Waals surface area contributed by atoms with Gasteiger partial charge in [0.1, 0.15) is 11.5 Å². The average Bonchev–Trinajstić information content (AvgIpc) is 3.46. The number of rotatable bonds is 8. The molecule has 4 aromatic rings. The van der Waals surface area contributed by atoms with Gasteiger partial charge in [-0.1, -0.05) is 12.1 Å². The van der Waals surface area contributed by atoms with Gasteiger partial charge in [0.2, 0.25) is 21.9 Å². The third-order valence-corrected chi connectivity index (χ3v) is 7.84. The lowest BCUT2D eigenvalue weighted by Crippen LogP contribution is -2.39. The van der Waals surface area contributed by atoms with E-state index in [2.05, 4.69) is 21.3 Å². The third-order valence-electron chi connectivity index (χ3n) is 6.91. The number of sulfonamides is 1. The first kappa shape index (κ1) is 27.3. The second kappa shape index (κ2) is 11.5. The zero-order chi connectivity index (χ0) is 28.3. The van der Waals surface area contributed by atoms with Gasteiger partial charge in [-0.15, -0.1) is 0 Å². The zero-order valence-electron chi connectivity index (χ0n) is 22.3. The number of nitrogens with one attached hydrogen (secondary N) is 1. The average molecular weight is 559 g/mol. The Morgan fingerprint density at radius 3 is 2.45 bits per heavy atom. The minimum atomic E-state index is -3.69. The number of benzene rings is 2. The Morgan fingerprint density at radius 1 is 1.15 bits per heavy atom. The summed E-state index contributed by atoms with van der Waals surface area (Å²) in [5.74, 6) is 2.06. The molecule has 206 valence electrons. The van der Waals surface area contributed by atoms with Crippen molar-refractivity contribution in [3.05, 3.63) is 83.2 Å². The van der Waals surface area contributed by atoms with E-state index in [0.29, 0.717) is 34.5 Å². The Hall–Kier alpha value is -4.24. The molecule has 2 aromatic heterocycles. The fourth-order valence-corrected chi connectivity index (χ4v) is 5.36. The number of hydrogen-bond donors (Lipinski definition) is 2. The molecule has 1 aliphatic rings. The molecule has 1 fully saturated rings. The fourth-order valence-electron chi connectivity index (χ4n) is 4.85. The van der Waals surface area contributed by atoms with Crippen LogP contribution in [0, 0.1) is 25.2 Å². The van der Waals surface area contributed by atoms with Crippen LogP contribution in [0.5, 0.6) is 11.6 Å². The van der Waals surface area contributed by atoms with Gasteiger partial charge in [0.05, 0.1) is 28.4 Å². The maximum Gasteiger partial charge on any atom is 0.238 e. The molecule has 1 aliphatic heterocycles. The monoisotopic (exact) mass is 558 g/mol. The Kier molecular flexibility index (Phi) is 7.84. The molecule has 0 saturated carbocycles. The van der Waals surface area contributed by atoms with E-state index in [4.69, 9.17) is 19.3 Å². The van der Waals surface area contributed by atoms with Crippen LogP contribution >= 0.6 is 0 Å². The van der Waals surface area contributed by atoms with Gasteiger partial charge in [0.25, 0.3) is 0 Å². The molecule has 0 spiro atoms. The quantitative estimate of drug-likeness (QED) is 0.313. The lowest BCUT2D eigenvalue weighted by molar-refractivity contribution is 0.211. The SMILES string of the molecule is Cc1cc(C#N)cc(C)c1Oc1nc(NC2CCN(Cc3ccc(S(N)(=O)=O)cc3)CC2)ncc1-c1ccco1. The highest BCUT2D eigenvalue weighted by Gasteiger charge is 2.22. The molecule has 0 radical (unpaired) electrons. The summed E-state index contributed by atoms with van der Waals surface area (Å²) < 4.78 is 34.9. The van der Waals surface area contributed by atoms with E-state index in [-0.39, 0.29) is 10.9 Å². The van der Waals surface area contributed by atoms with Crippen molar-refractivity contribution < 1.29 is 17.6 Å². The maximum atomic E-state index is 11.5. The van der Waals surface area contributed by atoms with Crippen molar-refractivity contribution in [2.24, 2.45) is 5.14 Å². The summed E-state index contributed by atoms with van der Waals surface area (Å²) in [5, 5.41) is 17.9. The van der Waals surface area contributed by atoms with E-state index in [1.165, 1.54) is 0 Å². The van der Waals surface area contributed by atoms with Gasteiger partial charge in [-0.3, -0.25) is 4.90 Å². The summed E-state index contributed by atoms with van der Waals surface area (Å²) >= 11 is 0. The number of piperidine rings is 1. The molecule has 10 nitrogen and oxygen atoms in total. The number of aromatic nitrogens is 2. The molecule has 0 aliphatic carbocycles. The smallest absolute Gasteiger partial charge is 0.238 e. The lowest BCUT2D eigenvalue weighted by Gasteiger charge is -2.32. The number of furan rings is 1. The second-order valence-corrected chi connectivity index (χ2v) is 11.5. The number of anilines is 1. The Labute approximate surface area is 233 Å². The zero-order valence-corrected chi connectivity index (χ0v) is 23.1. The molecule has 0 unspecified atom stereocenters. The molecular weight excluding hydrogens is 528 g/mol. The number of nitrogens with zero attached hydrogens (tertiary/aromatic N) is 4. The van der Waals surface area contributed by atoms with Crippen LogP contribution in [0.1, 0.15) is 35.1 Å². The molecule has 0 atom stereocenters. The van der Waals surface area contributed by atoms with Crippen molar-refractivity contribution in [3.63, 3.8) is 0 Å². The summed E-state index contributed by atoms with van der Waals surface area (Å²) in [6, 6.07) is 16.3. The second-order valence-electron chi connectivity index (χ2n) is 9.93. The standard InChI is InChI=1S/C29H30N6O4S/c1-19-14-22(16-30)15-20(2)27(19)39-28-25(26-4-3-13-38-26)17-32-29(34-28)33-23-9-11-35(12-10-23)18-21-5-7-24(8-6-21)40(31,36)37/h3-8,13-15,17,23H,9-12,18H2,1-2H3,(H2,31,36,37)(H,32,33,34). The maximum absolute atomic E-state index is 11.5. The predicted octanol–water partition coefficient (Wildman–Crippen LogP) is 4.74. The number of ether oxygens (including phenoxy) is 1. The van der Waals surface area contributed by atoms with Gasteiger partial charge in [0, 0.05) is 31.9 Å². The first-order chi connectivity index (χ1) is 19.2. The molecular formula is C29H30N6O4S. The minimum absolute atomic E-state index is 0.116. The highest BCUT2D eigenvalue weighted by molar-refractivity contribution is 7.89. The Morgan fingerprint density at radius 2 is 1.85 bits per heavy atom. The first-order valence-corrected chi connectivity index (χ1v) is 14.4. The van der Waals surface area contributed by atoms with Crippen LogP contribution in [-0.2, 0) is 16.6 Å². The van der Waals surface area contributed by atoms with Crippen LogP contribution in [-0.4, -0.2) is 42.4 Å². The van der Waals surface area contributed by atoms with Crippen molar-refractivity contribution in [3.8, 4) is 29.0 Å². The van der Waals surface area contributed by atoms with E-state index < -0.39 is 10.0 Å². The predicted molar refractivity (Wildman–Crippen MR) is 150 cm³/mol. The lowest BCUT2D eigenvalue weighted by atomic mass is 10.0. The molecule has 0 amide bonds. The number of primary sulfonamides is 1. The van der Waals surface area contributed by atoms with Gasteiger partial charge in [-0.2, -0.15) is 10.2 Å². The molecule has 40 heavy (non-hydrogen) atoms. The van der Waals surface area contributed by atoms with Gasteiger partial charge in [-0.25, -0.2) is 18.5 Å². The number of aryl methyl sites for hydroxylation is 2. The van der Waals surface area contributed by atoms with Gasteiger partial charge in [0.15, 0.2) is 0 Å². The summed E-state index contributed by atoms with van der Waals surface area (Å²) in [4.78, 5) is 11.7. The van der Waals surface area contributed by atoms with Crippen LogP contribution in [0.25, 0.3) is 11.3 Å². The first-order valence-electron chi connectivity index (χ1n) is 12.9. The van der Waals surface area contributed by atoms with Crippen LogP contribution in [0.4, 0.5) is 5.95 Å². The largest absolute Gasteiger partial charge is 0.464 e. The fraction of sp³-hybridized carbons (Fsp3) is 0.276. The van der Waals surface area contributed by atoms with Crippen molar-refractivity contribution >= 4 is 16.0 Å². The number of hydrogen-bond acceptors (Lipinski definition) is 9. The molecule has 3 N–H and O–H groups in total. The Bertz CT molecular complexity index is 1620. The van der Waals surface area contributed by atoms with Crippen LogP contribution < -0.4 is 15.2 Å². The van der Waals surface area contributed by atoms with Crippen LogP contribution in [0.3, 0.4) is 0 Å². The van der Waals surface area contributed by atoms with E-state index in [1.807, 2.05) is 19.9 Å². The van der Waals surface area contributed by atoms with Crippen LogP contribution in [0.2, 0.25) is 0 Å².